The molecule has 0 aliphatic heterocycles. The van der Waals surface area contributed by atoms with Crippen LogP contribution in [-0.2, 0) is 4.84 Å². The van der Waals surface area contributed by atoms with Gasteiger partial charge in [0.25, 0.3) is 0 Å². The van der Waals surface area contributed by atoms with E-state index in [1.165, 1.54) is 0 Å². The monoisotopic (exact) mass is 275 g/mol. The van der Waals surface area contributed by atoms with Crippen LogP contribution >= 0.6 is 0 Å². The van der Waals surface area contributed by atoms with E-state index in [1.54, 1.807) is 0 Å². The Morgan fingerprint density at radius 3 is 2.55 bits per heavy atom. The van der Waals surface area contributed by atoms with Crippen LogP contribution in [-0.4, -0.2) is 37.1 Å². The molecule has 0 N–H and O–H groups in total. The molecular weight excluding hydrogens is 250 g/mol. The smallest absolute Gasteiger partial charge is 0.114 e. The van der Waals surface area contributed by atoms with Crippen molar-refractivity contribution in [1.82, 2.24) is 4.90 Å². The second-order valence-electron chi connectivity index (χ2n) is 4.87. The molecule has 1 aromatic rings. The largest absolute Gasteiger partial charge is 0.396 e. The van der Waals surface area contributed by atoms with Crippen LogP contribution in [0.5, 0.6) is 0 Å². The van der Waals surface area contributed by atoms with Gasteiger partial charge in [0.1, 0.15) is 6.61 Å². The number of oxime groups is 1. The Labute approximate surface area is 122 Å². The van der Waals surface area contributed by atoms with Crippen LogP contribution in [0.2, 0.25) is 0 Å². The number of hydrogen-bond acceptors (Lipinski definition) is 3. The highest BCUT2D eigenvalue weighted by Crippen LogP contribution is 2.23. The lowest BCUT2D eigenvalue weighted by atomic mass is 10.0. The van der Waals surface area contributed by atoms with Gasteiger partial charge in [0.05, 0.1) is 17.7 Å². The molecule has 4 heteroatoms. The van der Waals surface area contributed by atoms with Gasteiger partial charge in [0.2, 0.25) is 0 Å². The number of benzene rings is 1. The zero-order valence-electron chi connectivity index (χ0n) is 13.4. The number of aliphatic imine (C=N–C) groups is 1. The van der Waals surface area contributed by atoms with E-state index in [2.05, 4.69) is 43.1 Å². The molecule has 0 heterocycles. The number of hydrogen-bond donors (Lipinski definition) is 0. The van der Waals surface area contributed by atoms with E-state index < -0.39 is 0 Å². The highest BCUT2D eigenvalue weighted by molar-refractivity contribution is 6.00. The van der Waals surface area contributed by atoms with Crippen molar-refractivity contribution in [2.45, 2.75) is 34.6 Å². The van der Waals surface area contributed by atoms with Crippen LogP contribution in [0.15, 0.2) is 22.3 Å². The van der Waals surface area contributed by atoms with Gasteiger partial charge in [-0.25, -0.2) is 4.99 Å². The molecule has 110 valence electrons. The van der Waals surface area contributed by atoms with Crippen molar-refractivity contribution >= 4 is 17.7 Å². The molecule has 0 aromatic heterocycles. The third kappa shape index (κ3) is 4.37. The van der Waals surface area contributed by atoms with E-state index in [4.69, 9.17) is 4.84 Å². The third-order valence-corrected chi connectivity index (χ3v) is 3.16. The summed E-state index contributed by atoms with van der Waals surface area (Å²) in [5.41, 5.74) is 5.29. The Hall–Kier alpha value is -1.84. The van der Waals surface area contributed by atoms with E-state index in [9.17, 15) is 0 Å². The third-order valence-electron chi connectivity index (χ3n) is 3.16. The predicted molar refractivity (Wildman–Crippen MR) is 86.2 cm³/mol. The van der Waals surface area contributed by atoms with Crippen LogP contribution in [0.3, 0.4) is 0 Å². The van der Waals surface area contributed by atoms with E-state index >= 15 is 0 Å². The van der Waals surface area contributed by atoms with Crippen molar-refractivity contribution in [2.75, 3.05) is 20.2 Å². The summed E-state index contributed by atoms with van der Waals surface area (Å²) in [6, 6.07) is 4.21. The molecule has 0 fully saturated rings. The zero-order chi connectivity index (χ0) is 15.1. The molecular formula is C16H25N3O. The van der Waals surface area contributed by atoms with E-state index in [0.29, 0.717) is 6.61 Å². The molecule has 0 bridgehead atoms. The summed E-state index contributed by atoms with van der Waals surface area (Å²) < 4.78 is 0. The minimum atomic E-state index is 0.584. The molecule has 0 atom stereocenters. The highest BCUT2D eigenvalue weighted by atomic mass is 16.6. The maximum Gasteiger partial charge on any atom is 0.114 e. The minimum Gasteiger partial charge on any atom is -0.396 e. The first kappa shape index (κ1) is 16.2. The molecule has 0 aliphatic carbocycles. The first-order valence-electron chi connectivity index (χ1n) is 7.02. The van der Waals surface area contributed by atoms with Gasteiger partial charge in [-0.05, 0) is 57.9 Å². The average Bonchev–Trinajstić information content (AvgIpc) is 2.44. The van der Waals surface area contributed by atoms with Crippen LogP contribution in [0, 0.1) is 13.8 Å². The Morgan fingerprint density at radius 2 is 1.95 bits per heavy atom. The predicted octanol–water partition coefficient (Wildman–Crippen LogP) is 3.68. The van der Waals surface area contributed by atoms with Crippen molar-refractivity contribution in [2.24, 2.45) is 10.1 Å². The van der Waals surface area contributed by atoms with Crippen LogP contribution in [0.4, 0.5) is 5.69 Å². The van der Waals surface area contributed by atoms with E-state index in [1.807, 2.05) is 32.1 Å². The van der Waals surface area contributed by atoms with E-state index in [0.717, 1.165) is 34.6 Å². The van der Waals surface area contributed by atoms with Gasteiger partial charge in [-0.1, -0.05) is 5.16 Å². The van der Waals surface area contributed by atoms with Crippen molar-refractivity contribution in [1.29, 1.82) is 0 Å². The summed E-state index contributed by atoms with van der Waals surface area (Å²) in [6.45, 7) is 11.7. The van der Waals surface area contributed by atoms with Crippen LogP contribution < -0.4 is 0 Å². The summed E-state index contributed by atoms with van der Waals surface area (Å²) in [5.74, 6) is 0. The molecule has 0 aliphatic rings. The van der Waals surface area contributed by atoms with Gasteiger partial charge in [-0.3, -0.25) is 0 Å². The van der Waals surface area contributed by atoms with Gasteiger partial charge in [0, 0.05) is 19.2 Å². The van der Waals surface area contributed by atoms with Crippen molar-refractivity contribution < 1.29 is 4.84 Å². The molecule has 1 rings (SSSR count). The lowest BCUT2D eigenvalue weighted by molar-refractivity contribution is 0.159. The second kappa shape index (κ2) is 7.68. The van der Waals surface area contributed by atoms with E-state index in [-0.39, 0.29) is 0 Å². The maximum atomic E-state index is 5.12. The fourth-order valence-electron chi connectivity index (χ4n) is 1.78. The SMILES string of the molecule is CCO/N=C(\C)c1cc(C)c(N=CN(C)CC)cc1C. The molecule has 0 saturated carbocycles. The van der Waals surface area contributed by atoms with Crippen LogP contribution in [0.1, 0.15) is 37.5 Å². The Kier molecular flexibility index (Phi) is 6.22. The Balaban J connectivity index is 3.06. The second-order valence-corrected chi connectivity index (χ2v) is 4.87. The van der Waals surface area contributed by atoms with Gasteiger partial charge in [-0.2, -0.15) is 0 Å². The van der Waals surface area contributed by atoms with Gasteiger partial charge >= 0.3 is 0 Å². The summed E-state index contributed by atoms with van der Waals surface area (Å²) in [4.78, 5) is 11.7. The summed E-state index contributed by atoms with van der Waals surface area (Å²) in [6.07, 6.45) is 1.86. The normalized spacial score (nSPS) is 12.0. The zero-order valence-corrected chi connectivity index (χ0v) is 13.4. The number of rotatable bonds is 6. The molecule has 20 heavy (non-hydrogen) atoms. The quantitative estimate of drug-likeness (QED) is 0.451. The first-order valence-corrected chi connectivity index (χ1v) is 7.02. The number of nitrogens with zero attached hydrogens (tertiary/aromatic N) is 3. The Bertz CT molecular complexity index is 507. The molecule has 0 spiro atoms. The molecule has 4 nitrogen and oxygen atoms in total. The molecule has 0 radical (unpaired) electrons. The summed E-state index contributed by atoms with van der Waals surface area (Å²) in [5, 5.41) is 4.10. The molecule has 0 saturated heterocycles. The topological polar surface area (TPSA) is 37.2 Å². The van der Waals surface area contributed by atoms with Crippen molar-refractivity contribution in [3.8, 4) is 0 Å². The summed E-state index contributed by atoms with van der Waals surface area (Å²) in [7, 11) is 2.01. The van der Waals surface area contributed by atoms with Gasteiger partial charge in [0.15, 0.2) is 0 Å². The average molecular weight is 275 g/mol. The Morgan fingerprint density at radius 1 is 1.25 bits per heavy atom. The summed E-state index contributed by atoms with van der Waals surface area (Å²) >= 11 is 0. The lowest BCUT2D eigenvalue weighted by Gasteiger charge is -2.11. The van der Waals surface area contributed by atoms with Gasteiger partial charge < -0.3 is 9.74 Å². The fourth-order valence-corrected chi connectivity index (χ4v) is 1.78. The maximum absolute atomic E-state index is 5.12. The number of aryl methyl sites for hydroxylation is 2. The van der Waals surface area contributed by atoms with Crippen molar-refractivity contribution in [3.63, 3.8) is 0 Å². The van der Waals surface area contributed by atoms with Gasteiger partial charge in [-0.15, -0.1) is 0 Å². The standard InChI is InChI=1S/C16H25N3O/c1-7-19(6)11-17-16-10-12(3)15(9-13(16)4)14(5)18-20-8-2/h9-11H,7-8H2,1-6H3/b17-11?,18-14+. The van der Waals surface area contributed by atoms with Crippen molar-refractivity contribution in [3.05, 3.63) is 28.8 Å². The fraction of sp³-hybridized carbons (Fsp3) is 0.500. The first-order chi connectivity index (χ1) is 9.49. The van der Waals surface area contributed by atoms with Crippen LogP contribution in [0.25, 0.3) is 0 Å². The molecule has 0 amide bonds. The highest BCUT2D eigenvalue weighted by Gasteiger charge is 2.07. The lowest BCUT2D eigenvalue weighted by Crippen LogP contribution is -2.14. The molecule has 0 unspecified atom stereocenters. The molecule has 1 aromatic carbocycles. The minimum absolute atomic E-state index is 0.584.